The van der Waals surface area contributed by atoms with Gasteiger partial charge < -0.3 is 19.5 Å². The zero-order valence-corrected chi connectivity index (χ0v) is 20.8. The zero-order valence-electron chi connectivity index (χ0n) is 20.1. The molecule has 0 bridgehead atoms. The second kappa shape index (κ2) is 11.0. The number of esters is 1. The van der Waals surface area contributed by atoms with Crippen LogP contribution in [0.1, 0.15) is 40.2 Å². The molecule has 1 aromatic heterocycles. The Balaban J connectivity index is 1.62. The fourth-order valence-corrected chi connectivity index (χ4v) is 4.54. The molecule has 7 nitrogen and oxygen atoms in total. The summed E-state index contributed by atoms with van der Waals surface area (Å²) in [5.41, 5.74) is 2.66. The van der Waals surface area contributed by atoms with Gasteiger partial charge in [-0.2, -0.15) is 0 Å². The van der Waals surface area contributed by atoms with Crippen molar-refractivity contribution in [2.75, 3.05) is 25.5 Å². The van der Waals surface area contributed by atoms with Crippen molar-refractivity contribution in [2.45, 2.75) is 32.2 Å². The molecule has 0 unspecified atom stereocenters. The first-order chi connectivity index (χ1) is 17.2. The molecular weight excluding hydrogens is 485 g/mol. The van der Waals surface area contributed by atoms with E-state index in [-0.39, 0.29) is 29.8 Å². The number of piperidine rings is 1. The lowest BCUT2D eigenvalue weighted by molar-refractivity contribution is -0.141. The summed E-state index contributed by atoms with van der Waals surface area (Å²) in [7, 11) is 1.24. The van der Waals surface area contributed by atoms with E-state index < -0.39 is 11.5 Å². The predicted octanol–water partition coefficient (Wildman–Crippen LogP) is 4.89. The molecule has 1 fully saturated rings. The van der Waals surface area contributed by atoms with Crippen molar-refractivity contribution < 1.29 is 18.7 Å². The summed E-state index contributed by atoms with van der Waals surface area (Å²) < 4.78 is 19.1. The van der Waals surface area contributed by atoms with Crippen LogP contribution >= 0.6 is 11.6 Å². The second-order valence-corrected chi connectivity index (χ2v) is 9.28. The van der Waals surface area contributed by atoms with Crippen LogP contribution in [0.25, 0.3) is 0 Å². The quantitative estimate of drug-likeness (QED) is 0.477. The summed E-state index contributed by atoms with van der Waals surface area (Å²) >= 11 is 6.34. The summed E-state index contributed by atoms with van der Waals surface area (Å²) in [5, 5.41) is 3.57. The lowest BCUT2D eigenvalue weighted by Crippen LogP contribution is -2.39. The van der Waals surface area contributed by atoms with E-state index in [2.05, 4.69) is 5.32 Å². The molecule has 36 heavy (non-hydrogen) atoms. The molecular formula is C27H27ClFN3O4. The van der Waals surface area contributed by atoms with Gasteiger partial charge in [-0.05, 0) is 61.1 Å². The van der Waals surface area contributed by atoms with Crippen molar-refractivity contribution in [2.24, 2.45) is 0 Å². The Hall–Kier alpha value is -3.65. The Morgan fingerprint density at radius 2 is 1.78 bits per heavy atom. The summed E-state index contributed by atoms with van der Waals surface area (Å²) in [5.74, 6) is -0.913. The fourth-order valence-electron chi connectivity index (χ4n) is 4.38. The number of rotatable bonds is 6. The topological polar surface area (TPSA) is 80.6 Å². The Bertz CT molecular complexity index is 1330. The van der Waals surface area contributed by atoms with E-state index in [0.717, 1.165) is 28.5 Å². The molecule has 1 saturated heterocycles. The number of methoxy groups -OCH3 is 1. The largest absolute Gasteiger partial charge is 0.468 e. The molecule has 0 radical (unpaired) electrons. The average molecular weight is 512 g/mol. The summed E-state index contributed by atoms with van der Waals surface area (Å²) in [6.45, 7) is 2.60. The van der Waals surface area contributed by atoms with Crippen LogP contribution in [0.4, 0.5) is 15.8 Å². The molecule has 0 spiro atoms. The minimum absolute atomic E-state index is 0.228. The molecule has 1 amide bonds. The van der Waals surface area contributed by atoms with Crippen LogP contribution in [0.2, 0.25) is 5.02 Å². The molecule has 2 aromatic carbocycles. The molecule has 0 aliphatic carbocycles. The Morgan fingerprint density at radius 1 is 1.08 bits per heavy atom. The number of carbonyl (C=O) groups excluding carboxylic acids is 2. The number of hydrogen-bond donors (Lipinski definition) is 1. The van der Waals surface area contributed by atoms with Gasteiger partial charge in [0.1, 0.15) is 12.4 Å². The zero-order chi connectivity index (χ0) is 25.8. The van der Waals surface area contributed by atoms with Gasteiger partial charge in [-0.15, -0.1) is 0 Å². The molecule has 188 valence electrons. The molecule has 3 aromatic rings. The Labute approximate surface area is 213 Å². The third-order valence-electron chi connectivity index (χ3n) is 6.40. The SMILES string of the molecule is COC(=O)Cn1cc(C(=O)N2CCC(c3ccc(F)cc3)CC2)c(Nc2cc(C)ccc2Cl)cc1=O. The first kappa shape index (κ1) is 25.4. The number of ether oxygens (including phenoxy) is 1. The normalized spacial score (nSPS) is 13.9. The molecule has 4 rings (SSSR count). The van der Waals surface area contributed by atoms with Crippen molar-refractivity contribution >= 4 is 34.9 Å². The highest BCUT2D eigenvalue weighted by atomic mass is 35.5. The van der Waals surface area contributed by atoms with Gasteiger partial charge in [-0.3, -0.25) is 14.4 Å². The van der Waals surface area contributed by atoms with Crippen molar-refractivity contribution in [1.82, 2.24) is 9.47 Å². The van der Waals surface area contributed by atoms with Gasteiger partial charge in [0.05, 0.1) is 29.1 Å². The van der Waals surface area contributed by atoms with E-state index in [4.69, 9.17) is 16.3 Å². The van der Waals surface area contributed by atoms with Crippen LogP contribution in [-0.4, -0.2) is 41.5 Å². The number of nitrogens with one attached hydrogen (secondary N) is 1. The van der Waals surface area contributed by atoms with Crippen LogP contribution in [0.3, 0.4) is 0 Å². The molecule has 0 atom stereocenters. The van der Waals surface area contributed by atoms with Gasteiger partial charge in [-0.1, -0.05) is 29.8 Å². The van der Waals surface area contributed by atoms with Crippen LogP contribution < -0.4 is 10.9 Å². The van der Waals surface area contributed by atoms with Gasteiger partial charge >= 0.3 is 5.97 Å². The van der Waals surface area contributed by atoms with E-state index in [1.165, 1.54) is 31.5 Å². The van der Waals surface area contributed by atoms with Crippen LogP contribution in [0.15, 0.2) is 59.5 Å². The van der Waals surface area contributed by atoms with Crippen LogP contribution in [-0.2, 0) is 16.1 Å². The van der Waals surface area contributed by atoms with Crippen LogP contribution in [0.5, 0.6) is 0 Å². The summed E-state index contributed by atoms with van der Waals surface area (Å²) in [6, 6.07) is 13.2. The maximum Gasteiger partial charge on any atom is 0.325 e. The third kappa shape index (κ3) is 5.76. The van der Waals surface area contributed by atoms with Gasteiger partial charge in [0.15, 0.2) is 0 Å². The number of aryl methyl sites for hydroxylation is 1. The molecule has 2 heterocycles. The number of nitrogens with zero attached hydrogens (tertiary/aromatic N) is 2. The maximum atomic E-state index is 13.6. The van der Waals surface area contributed by atoms with E-state index in [0.29, 0.717) is 29.5 Å². The number of carbonyl (C=O) groups is 2. The average Bonchev–Trinajstić information content (AvgIpc) is 2.88. The number of likely N-dealkylation sites (tertiary alicyclic amines) is 1. The highest BCUT2D eigenvalue weighted by Crippen LogP contribution is 2.31. The maximum absolute atomic E-state index is 13.6. The number of halogens is 2. The number of pyridine rings is 1. The number of hydrogen-bond acceptors (Lipinski definition) is 5. The number of aromatic nitrogens is 1. The first-order valence-electron chi connectivity index (χ1n) is 11.6. The van der Waals surface area contributed by atoms with Crippen molar-refractivity contribution in [3.05, 3.63) is 92.6 Å². The molecule has 1 aliphatic rings. The molecule has 0 saturated carbocycles. The van der Waals surface area contributed by atoms with E-state index >= 15 is 0 Å². The van der Waals surface area contributed by atoms with E-state index in [1.54, 1.807) is 23.1 Å². The number of anilines is 2. The minimum Gasteiger partial charge on any atom is -0.468 e. The second-order valence-electron chi connectivity index (χ2n) is 8.87. The van der Waals surface area contributed by atoms with Gasteiger partial charge in [-0.25, -0.2) is 4.39 Å². The molecule has 1 aliphatic heterocycles. The van der Waals surface area contributed by atoms with Crippen molar-refractivity contribution in [1.29, 1.82) is 0 Å². The highest BCUT2D eigenvalue weighted by Gasteiger charge is 2.27. The van der Waals surface area contributed by atoms with E-state index in [1.807, 2.05) is 19.1 Å². The van der Waals surface area contributed by atoms with Gasteiger partial charge in [0.2, 0.25) is 0 Å². The summed E-state index contributed by atoms with van der Waals surface area (Å²) in [6.07, 6.45) is 2.84. The Kier molecular flexibility index (Phi) is 7.74. The fraction of sp³-hybridized carbons (Fsp3) is 0.296. The van der Waals surface area contributed by atoms with Gasteiger partial charge in [0, 0.05) is 25.4 Å². The lowest BCUT2D eigenvalue weighted by Gasteiger charge is -2.33. The van der Waals surface area contributed by atoms with E-state index in [9.17, 15) is 18.8 Å². The van der Waals surface area contributed by atoms with Gasteiger partial charge in [0.25, 0.3) is 11.5 Å². The lowest BCUT2D eigenvalue weighted by atomic mass is 9.89. The summed E-state index contributed by atoms with van der Waals surface area (Å²) in [4.78, 5) is 39.9. The predicted molar refractivity (Wildman–Crippen MR) is 136 cm³/mol. The Morgan fingerprint density at radius 3 is 2.44 bits per heavy atom. The standard InChI is InChI=1S/C27H27ClFN3O4/c1-17-3-8-22(28)24(13-17)30-23-14-25(33)32(16-26(34)36-2)15-21(23)27(35)31-11-9-19(10-12-31)18-4-6-20(29)7-5-18/h3-8,13-15,19,30H,9-12,16H2,1-2H3. The molecule has 1 N–H and O–H groups in total. The van der Waals surface area contributed by atoms with Crippen molar-refractivity contribution in [3.8, 4) is 0 Å². The monoisotopic (exact) mass is 511 g/mol. The molecule has 9 heteroatoms. The third-order valence-corrected chi connectivity index (χ3v) is 6.73. The smallest absolute Gasteiger partial charge is 0.325 e. The first-order valence-corrected chi connectivity index (χ1v) is 12.0. The van der Waals surface area contributed by atoms with Crippen LogP contribution in [0, 0.1) is 12.7 Å². The van der Waals surface area contributed by atoms with Crippen molar-refractivity contribution in [3.63, 3.8) is 0 Å². The minimum atomic E-state index is -0.599. The number of benzene rings is 2. The highest BCUT2D eigenvalue weighted by molar-refractivity contribution is 6.33. The number of amides is 1.